The van der Waals surface area contributed by atoms with Crippen molar-refractivity contribution < 1.29 is 13.8 Å². The highest BCUT2D eigenvalue weighted by molar-refractivity contribution is 7.73. The summed E-state index contributed by atoms with van der Waals surface area (Å²) < 4.78 is 19.1. The normalized spacial score (nSPS) is 12.1. The zero-order chi connectivity index (χ0) is 21.8. The zero-order valence-electron chi connectivity index (χ0n) is 16.8. The van der Waals surface area contributed by atoms with Crippen molar-refractivity contribution in [1.29, 1.82) is 0 Å². The Hall–Kier alpha value is -3.37. The number of rotatable bonds is 7. The van der Waals surface area contributed by atoms with Gasteiger partial charge in [-0.15, -0.1) is 0 Å². The summed E-state index contributed by atoms with van der Waals surface area (Å²) in [6.45, 7) is 1.56. The minimum absolute atomic E-state index is 0.0943. The molecule has 0 amide bonds. The van der Waals surface area contributed by atoms with E-state index in [2.05, 4.69) is 29.4 Å². The minimum Gasteiger partial charge on any atom is -0.354 e. The lowest BCUT2D eigenvalue weighted by Crippen LogP contribution is -2.19. The third-order valence-electron chi connectivity index (χ3n) is 5.10. The van der Waals surface area contributed by atoms with Gasteiger partial charge in [0.25, 0.3) is 0 Å². The van der Waals surface area contributed by atoms with Crippen LogP contribution in [0.3, 0.4) is 0 Å². The van der Waals surface area contributed by atoms with Crippen LogP contribution in [-0.2, 0) is 6.42 Å². The quantitative estimate of drug-likeness (QED) is 0.220. The van der Waals surface area contributed by atoms with Gasteiger partial charge < -0.3 is 4.52 Å². The molecule has 0 bridgehead atoms. The summed E-state index contributed by atoms with van der Waals surface area (Å²) in [6, 6.07) is 26.4. The topological polar surface area (TPSA) is 69.2 Å². The first-order valence-electron chi connectivity index (χ1n) is 9.79. The van der Waals surface area contributed by atoms with Crippen molar-refractivity contribution in [1.82, 2.24) is 5.16 Å². The predicted octanol–water partition coefficient (Wildman–Crippen LogP) is 5.45. The van der Waals surface area contributed by atoms with Gasteiger partial charge in [-0.2, -0.15) is 0 Å². The molecule has 1 aromatic heterocycles. The molecule has 0 aliphatic rings. The van der Waals surface area contributed by atoms with Gasteiger partial charge in [-0.1, -0.05) is 78.0 Å². The molecule has 7 heteroatoms. The van der Waals surface area contributed by atoms with Crippen LogP contribution in [0, 0.1) is 22.9 Å². The first-order valence-corrected chi connectivity index (χ1v) is 11.2. The Balaban J connectivity index is 1.88. The first kappa shape index (κ1) is 20.9. The average Bonchev–Trinajstić information content (AvgIpc) is 3.16. The summed E-state index contributed by atoms with van der Waals surface area (Å²) in [5.41, 5.74) is 0.875. The van der Waals surface area contributed by atoms with E-state index in [9.17, 15) is 14.5 Å². The van der Waals surface area contributed by atoms with E-state index >= 15 is 0 Å². The molecule has 0 aliphatic heterocycles. The lowest BCUT2D eigenvalue weighted by atomic mass is 10.1. The molecule has 0 aliphatic carbocycles. The third-order valence-corrected chi connectivity index (χ3v) is 7.91. The van der Waals surface area contributed by atoms with Crippen molar-refractivity contribution >= 4 is 24.2 Å². The largest absolute Gasteiger partial charge is 0.354 e. The second-order valence-electron chi connectivity index (χ2n) is 7.11. The molecule has 156 valence electrons. The molecule has 5 nitrogen and oxygen atoms in total. The molecule has 1 atom stereocenters. The van der Waals surface area contributed by atoms with Gasteiger partial charge in [0.1, 0.15) is 5.82 Å². The van der Waals surface area contributed by atoms with E-state index in [4.69, 9.17) is 4.52 Å². The summed E-state index contributed by atoms with van der Waals surface area (Å²) in [6.07, 6.45) is 0.276. The van der Waals surface area contributed by atoms with E-state index in [1.165, 1.54) is 12.1 Å². The number of nitrogens with zero attached hydrogens (tertiary/aromatic N) is 2. The summed E-state index contributed by atoms with van der Waals surface area (Å²) in [4.78, 5) is 11.2. The van der Waals surface area contributed by atoms with Crippen LogP contribution in [0.25, 0.3) is 0 Å². The Bertz CT molecular complexity index is 1130. The molecule has 1 heterocycles. The van der Waals surface area contributed by atoms with Gasteiger partial charge in [-0.05, 0) is 43.2 Å². The molecular weight excluding hydrogens is 414 g/mol. The maximum atomic E-state index is 13.7. The van der Waals surface area contributed by atoms with Gasteiger partial charge in [0.15, 0.2) is 5.69 Å². The van der Waals surface area contributed by atoms with Gasteiger partial charge in [0.2, 0.25) is 5.76 Å². The van der Waals surface area contributed by atoms with Crippen molar-refractivity contribution in [2.75, 3.05) is 0 Å². The predicted molar refractivity (Wildman–Crippen MR) is 120 cm³/mol. The molecule has 0 fully saturated rings. The van der Waals surface area contributed by atoms with Crippen LogP contribution in [0.15, 0.2) is 89.5 Å². The molecule has 0 saturated heterocycles. The molecule has 0 spiro atoms. The van der Waals surface area contributed by atoms with Crippen molar-refractivity contribution in [2.45, 2.75) is 19.0 Å². The second kappa shape index (κ2) is 9.19. The summed E-state index contributed by atoms with van der Waals surface area (Å²) in [7, 11) is -0.979. The first-order chi connectivity index (χ1) is 15.0. The van der Waals surface area contributed by atoms with Gasteiger partial charge in [-0.3, -0.25) is 10.1 Å². The maximum absolute atomic E-state index is 13.7. The van der Waals surface area contributed by atoms with E-state index in [0.717, 1.165) is 16.2 Å². The monoisotopic (exact) mass is 434 g/mol. The molecule has 3 aromatic carbocycles. The lowest BCUT2D eigenvalue weighted by molar-refractivity contribution is -0.386. The Morgan fingerprint density at radius 2 is 1.52 bits per heavy atom. The van der Waals surface area contributed by atoms with Gasteiger partial charge in [0, 0.05) is 12.1 Å². The summed E-state index contributed by atoms with van der Waals surface area (Å²) >= 11 is 0. The van der Waals surface area contributed by atoms with E-state index in [1.807, 2.05) is 36.4 Å². The van der Waals surface area contributed by atoms with Gasteiger partial charge in [-0.25, -0.2) is 4.39 Å². The zero-order valence-corrected chi connectivity index (χ0v) is 17.7. The second-order valence-corrected chi connectivity index (χ2v) is 9.51. The van der Waals surface area contributed by atoms with Crippen molar-refractivity contribution in [3.8, 4) is 0 Å². The highest BCUT2D eigenvalue weighted by Gasteiger charge is 2.32. The number of aryl methyl sites for hydroxylation is 1. The smallest absolute Gasteiger partial charge is 0.334 e. The fourth-order valence-electron chi connectivity index (χ4n) is 3.68. The maximum Gasteiger partial charge on any atom is 0.334 e. The van der Waals surface area contributed by atoms with Crippen LogP contribution in [-0.4, -0.2) is 10.1 Å². The SMILES string of the molecule is Cc1noc(C[C@H](c2ccc(F)cc2)P(c2ccccc2)c2ccccc2)c1[N+](=O)[O-]. The molecule has 0 radical (unpaired) electrons. The Morgan fingerprint density at radius 1 is 0.968 bits per heavy atom. The highest BCUT2D eigenvalue weighted by atomic mass is 31.1. The van der Waals surface area contributed by atoms with Gasteiger partial charge >= 0.3 is 5.69 Å². The number of hydrogen-bond donors (Lipinski definition) is 0. The number of benzene rings is 3. The number of nitro groups is 1. The molecule has 0 unspecified atom stereocenters. The summed E-state index contributed by atoms with van der Waals surface area (Å²) in [5, 5.41) is 17.7. The van der Waals surface area contributed by atoms with Crippen LogP contribution in [0.2, 0.25) is 0 Å². The number of hydrogen-bond acceptors (Lipinski definition) is 4. The van der Waals surface area contributed by atoms with Crippen molar-refractivity contribution in [3.63, 3.8) is 0 Å². The average molecular weight is 434 g/mol. The van der Waals surface area contributed by atoms with Crippen LogP contribution >= 0.6 is 7.92 Å². The molecule has 31 heavy (non-hydrogen) atoms. The van der Waals surface area contributed by atoms with Crippen LogP contribution < -0.4 is 10.6 Å². The van der Waals surface area contributed by atoms with Crippen LogP contribution in [0.4, 0.5) is 10.1 Å². The molecule has 4 aromatic rings. The Labute approximate surface area is 180 Å². The van der Waals surface area contributed by atoms with Crippen molar-refractivity contribution in [3.05, 3.63) is 118 Å². The Morgan fingerprint density at radius 3 is 2.03 bits per heavy atom. The Kier molecular flexibility index (Phi) is 6.19. The fraction of sp³-hybridized carbons (Fsp3) is 0.125. The number of halogens is 1. The minimum atomic E-state index is -0.979. The molecule has 0 saturated carbocycles. The molecular formula is C24H20FN2O3P. The van der Waals surface area contributed by atoms with Crippen LogP contribution in [0.1, 0.15) is 22.7 Å². The van der Waals surface area contributed by atoms with E-state index < -0.39 is 12.8 Å². The summed E-state index contributed by atoms with van der Waals surface area (Å²) in [5.74, 6) is -0.0936. The lowest BCUT2D eigenvalue weighted by Gasteiger charge is -2.28. The highest BCUT2D eigenvalue weighted by Crippen LogP contribution is 2.52. The van der Waals surface area contributed by atoms with E-state index in [0.29, 0.717) is 0 Å². The molecule has 0 N–H and O–H groups in total. The standard InChI is InChI=1S/C24H20FN2O3P/c1-17-24(27(28)29)22(30-26-17)16-23(18-12-14-19(25)15-13-18)31(20-8-4-2-5-9-20)21-10-6-3-7-11-21/h2-15,23H,16H2,1H3/t23-/m1/s1. The fourth-order valence-corrected chi connectivity index (χ4v) is 6.51. The third kappa shape index (κ3) is 4.54. The van der Waals surface area contributed by atoms with E-state index in [1.54, 1.807) is 19.1 Å². The van der Waals surface area contributed by atoms with Crippen molar-refractivity contribution in [2.24, 2.45) is 0 Å². The number of aromatic nitrogens is 1. The van der Waals surface area contributed by atoms with Gasteiger partial charge in [0.05, 0.1) is 4.92 Å². The molecule has 4 rings (SSSR count). The van der Waals surface area contributed by atoms with E-state index in [-0.39, 0.29) is 35.0 Å². The van der Waals surface area contributed by atoms with Crippen LogP contribution in [0.5, 0.6) is 0 Å².